The Labute approximate surface area is 135 Å². The average molecular weight is 314 g/mol. The number of aryl methyl sites for hydroxylation is 1. The molecule has 1 aromatic carbocycles. The summed E-state index contributed by atoms with van der Waals surface area (Å²) < 4.78 is 5.23. The molecule has 1 aromatic heterocycles. The Morgan fingerprint density at radius 3 is 2.74 bits per heavy atom. The van der Waals surface area contributed by atoms with Crippen molar-refractivity contribution < 1.29 is 9.32 Å². The minimum absolute atomic E-state index is 0.00214. The van der Waals surface area contributed by atoms with Crippen molar-refractivity contribution in [1.29, 1.82) is 0 Å². The second-order valence-corrected chi connectivity index (χ2v) is 5.75. The predicted molar refractivity (Wildman–Crippen MR) is 87.0 cm³/mol. The summed E-state index contributed by atoms with van der Waals surface area (Å²) in [5.41, 5.74) is 1.10. The fraction of sp³-hybridized carbons (Fsp3) is 0.471. The van der Waals surface area contributed by atoms with Gasteiger partial charge in [-0.05, 0) is 37.0 Å². The van der Waals surface area contributed by atoms with Gasteiger partial charge in [-0.2, -0.15) is 4.98 Å². The number of nitrogens with one attached hydrogen (secondary N) is 1. The molecular formula is C17H22N4O2. The molecule has 3 rings (SSSR count). The fourth-order valence-electron chi connectivity index (χ4n) is 3.07. The van der Waals surface area contributed by atoms with Crippen molar-refractivity contribution in [3.8, 4) is 0 Å². The SMILES string of the molecule is CCc1nc(N2C(=O)C(NC)CCCC2c2ccccc2)no1. The fourth-order valence-corrected chi connectivity index (χ4v) is 3.07. The van der Waals surface area contributed by atoms with Gasteiger partial charge in [0.25, 0.3) is 5.95 Å². The maximum absolute atomic E-state index is 13.0. The van der Waals surface area contributed by atoms with Gasteiger partial charge in [0.1, 0.15) is 0 Å². The molecule has 122 valence electrons. The van der Waals surface area contributed by atoms with Crippen molar-refractivity contribution in [3.63, 3.8) is 0 Å². The first-order chi connectivity index (χ1) is 11.2. The number of carbonyl (C=O) groups excluding carboxylic acids is 1. The molecule has 2 heterocycles. The standard InChI is InChI=1S/C17H22N4O2/c1-3-15-19-17(20-23-15)21-14(12-8-5-4-6-9-12)11-7-10-13(18-2)16(21)22/h4-6,8-9,13-14,18H,3,7,10-11H2,1-2H3. The lowest BCUT2D eigenvalue weighted by molar-refractivity contribution is -0.120. The van der Waals surface area contributed by atoms with Crippen LogP contribution in [0.15, 0.2) is 34.9 Å². The van der Waals surface area contributed by atoms with Crippen molar-refractivity contribution in [2.45, 2.75) is 44.7 Å². The lowest BCUT2D eigenvalue weighted by atomic mass is 10.0. The number of anilines is 1. The van der Waals surface area contributed by atoms with Crippen molar-refractivity contribution >= 4 is 11.9 Å². The van der Waals surface area contributed by atoms with Crippen LogP contribution in [-0.2, 0) is 11.2 Å². The predicted octanol–water partition coefficient (Wildman–Crippen LogP) is 2.48. The first-order valence-corrected chi connectivity index (χ1v) is 8.12. The van der Waals surface area contributed by atoms with Gasteiger partial charge in [0.05, 0.1) is 12.1 Å². The summed E-state index contributed by atoms with van der Waals surface area (Å²) in [5, 5.41) is 7.15. The van der Waals surface area contributed by atoms with Crippen LogP contribution in [0.2, 0.25) is 0 Å². The van der Waals surface area contributed by atoms with Crippen LogP contribution in [0, 0.1) is 0 Å². The summed E-state index contributed by atoms with van der Waals surface area (Å²) in [5.74, 6) is 0.912. The summed E-state index contributed by atoms with van der Waals surface area (Å²) in [6.07, 6.45) is 3.31. The van der Waals surface area contributed by atoms with Crippen LogP contribution in [0.4, 0.5) is 5.95 Å². The van der Waals surface area contributed by atoms with Crippen molar-refractivity contribution in [3.05, 3.63) is 41.8 Å². The molecule has 2 atom stereocenters. The van der Waals surface area contributed by atoms with Gasteiger partial charge in [-0.1, -0.05) is 37.3 Å². The number of hydrogen-bond acceptors (Lipinski definition) is 5. The Balaban J connectivity index is 2.02. The van der Waals surface area contributed by atoms with E-state index in [-0.39, 0.29) is 18.0 Å². The first kappa shape index (κ1) is 15.7. The lowest BCUT2D eigenvalue weighted by Crippen LogP contribution is -2.45. The number of amides is 1. The van der Waals surface area contributed by atoms with Crippen LogP contribution in [-0.4, -0.2) is 29.1 Å². The molecule has 1 amide bonds. The zero-order chi connectivity index (χ0) is 16.2. The smallest absolute Gasteiger partial charge is 0.273 e. The average Bonchev–Trinajstić information content (AvgIpc) is 3.00. The normalized spacial score (nSPS) is 22.2. The Bertz CT molecular complexity index is 656. The van der Waals surface area contributed by atoms with Gasteiger partial charge >= 0.3 is 0 Å². The van der Waals surface area contributed by atoms with Crippen LogP contribution in [0.25, 0.3) is 0 Å². The van der Waals surface area contributed by atoms with Gasteiger partial charge in [0, 0.05) is 6.42 Å². The van der Waals surface area contributed by atoms with Crippen LogP contribution < -0.4 is 10.2 Å². The summed E-state index contributed by atoms with van der Waals surface area (Å²) in [6, 6.07) is 9.78. The van der Waals surface area contributed by atoms with Gasteiger partial charge in [-0.3, -0.25) is 9.69 Å². The van der Waals surface area contributed by atoms with E-state index in [1.807, 2.05) is 44.3 Å². The molecule has 0 bridgehead atoms. The van der Waals surface area contributed by atoms with E-state index in [1.54, 1.807) is 4.90 Å². The highest BCUT2D eigenvalue weighted by Crippen LogP contribution is 2.33. The molecule has 1 aliphatic rings. The van der Waals surface area contributed by atoms with Gasteiger partial charge in [0.2, 0.25) is 11.8 Å². The number of nitrogens with zero attached hydrogens (tertiary/aromatic N) is 3. The van der Waals surface area contributed by atoms with Gasteiger partial charge < -0.3 is 9.84 Å². The highest BCUT2D eigenvalue weighted by atomic mass is 16.5. The Kier molecular flexibility index (Phi) is 4.71. The van der Waals surface area contributed by atoms with Crippen LogP contribution in [0.3, 0.4) is 0 Å². The topological polar surface area (TPSA) is 71.3 Å². The van der Waals surface area contributed by atoms with Crippen molar-refractivity contribution in [2.24, 2.45) is 0 Å². The zero-order valence-corrected chi connectivity index (χ0v) is 13.5. The van der Waals surface area contributed by atoms with E-state index in [4.69, 9.17) is 4.52 Å². The van der Waals surface area contributed by atoms with E-state index < -0.39 is 0 Å². The molecule has 0 spiro atoms. The monoisotopic (exact) mass is 314 g/mol. The lowest BCUT2D eigenvalue weighted by Gasteiger charge is -2.28. The Morgan fingerprint density at radius 1 is 1.30 bits per heavy atom. The highest BCUT2D eigenvalue weighted by molar-refractivity contribution is 5.96. The second-order valence-electron chi connectivity index (χ2n) is 5.75. The molecule has 1 saturated heterocycles. The number of hydrogen-bond donors (Lipinski definition) is 1. The van der Waals surface area contributed by atoms with Crippen LogP contribution in [0.5, 0.6) is 0 Å². The second kappa shape index (κ2) is 6.91. The molecule has 0 saturated carbocycles. The van der Waals surface area contributed by atoms with E-state index >= 15 is 0 Å². The van der Waals surface area contributed by atoms with Gasteiger partial charge in [0.15, 0.2) is 0 Å². The third kappa shape index (κ3) is 3.12. The maximum Gasteiger partial charge on any atom is 0.273 e. The Morgan fingerprint density at radius 2 is 2.09 bits per heavy atom. The van der Waals surface area contributed by atoms with Crippen LogP contribution in [0.1, 0.15) is 43.7 Å². The largest absolute Gasteiger partial charge is 0.337 e. The van der Waals surface area contributed by atoms with E-state index in [0.717, 1.165) is 24.8 Å². The molecule has 6 heteroatoms. The van der Waals surface area contributed by atoms with Gasteiger partial charge in [-0.25, -0.2) is 0 Å². The molecule has 0 aliphatic carbocycles. The number of rotatable bonds is 4. The van der Waals surface area contributed by atoms with E-state index in [0.29, 0.717) is 18.3 Å². The molecule has 1 N–H and O–H groups in total. The molecule has 6 nitrogen and oxygen atoms in total. The number of aromatic nitrogens is 2. The van der Waals surface area contributed by atoms with Gasteiger partial charge in [-0.15, -0.1) is 0 Å². The van der Waals surface area contributed by atoms with Crippen molar-refractivity contribution in [1.82, 2.24) is 15.5 Å². The summed E-state index contributed by atoms with van der Waals surface area (Å²) >= 11 is 0. The quantitative estimate of drug-likeness (QED) is 0.938. The summed E-state index contributed by atoms with van der Waals surface area (Å²) in [6.45, 7) is 1.95. The zero-order valence-electron chi connectivity index (χ0n) is 13.5. The molecule has 2 unspecified atom stereocenters. The third-order valence-electron chi connectivity index (χ3n) is 4.33. The molecule has 0 radical (unpaired) electrons. The molecule has 1 fully saturated rings. The third-order valence-corrected chi connectivity index (χ3v) is 4.33. The molecule has 1 aliphatic heterocycles. The van der Waals surface area contributed by atoms with E-state index in [2.05, 4.69) is 15.5 Å². The first-order valence-electron chi connectivity index (χ1n) is 8.12. The number of carbonyl (C=O) groups is 1. The summed E-state index contributed by atoms with van der Waals surface area (Å²) in [7, 11) is 1.82. The minimum Gasteiger partial charge on any atom is -0.337 e. The maximum atomic E-state index is 13.0. The number of likely N-dealkylation sites (N-methyl/N-ethyl adjacent to an activating group) is 1. The van der Waals surface area contributed by atoms with Crippen LogP contribution >= 0.6 is 0 Å². The van der Waals surface area contributed by atoms with E-state index in [1.165, 1.54) is 0 Å². The van der Waals surface area contributed by atoms with E-state index in [9.17, 15) is 4.79 Å². The molecule has 2 aromatic rings. The Hall–Kier alpha value is -2.21. The minimum atomic E-state index is -0.215. The molecule has 23 heavy (non-hydrogen) atoms. The number of benzene rings is 1. The highest BCUT2D eigenvalue weighted by Gasteiger charge is 2.36. The summed E-state index contributed by atoms with van der Waals surface area (Å²) in [4.78, 5) is 19.1. The molecular weight excluding hydrogens is 292 g/mol. The van der Waals surface area contributed by atoms with Crippen molar-refractivity contribution in [2.75, 3.05) is 11.9 Å².